The second kappa shape index (κ2) is 7.09. The predicted molar refractivity (Wildman–Crippen MR) is 64.3 cm³/mol. The Kier molecular flexibility index (Phi) is 6.53. The number of hydrogen-bond donors (Lipinski definition) is 1. The number of benzene rings is 1. The third-order valence-electron chi connectivity index (χ3n) is 2.15. The van der Waals surface area contributed by atoms with E-state index < -0.39 is 0 Å². The quantitative estimate of drug-likeness (QED) is 0.815. The van der Waals surface area contributed by atoms with Gasteiger partial charge < -0.3 is 15.2 Å². The van der Waals surface area contributed by atoms with Gasteiger partial charge in [0.1, 0.15) is 5.75 Å². The lowest BCUT2D eigenvalue weighted by atomic mass is 10.0. The summed E-state index contributed by atoms with van der Waals surface area (Å²) < 4.78 is 9.86. The summed E-state index contributed by atoms with van der Waals surface area (Å²) in [6.07, 6.45) is 0.592. The molecule has 1 rings (SSSR count). The third kappa shape index (κ3) is 3.12. The number of hydrogen-bond acceptors (Lipinski definition) is 4. The molecule has 4 nitrogen and oxygen atoms in total. The zero-order chi connectivity index (χ0) is 11.3. The van der Waals surface area contributed by atoms with Gasteiger partial charge in [0.2, 0.25) is 0 Å². The van der Waals surface area contributed by atoms with Gasteiger partial charge in [0.25, 0.3) is 0 Å². The number of methoxy groups -OCH3 is 2. The number of carbonyl (C=O) groups is 1. The van der Waals surface area contributed by atoms with Crippen LogP contribution in [0.25, 0.3) is 0 Å². The molecule has 0 unspecified atom stereocenters. The first-order chi connectivity index (χ1) is 7.24. The Labute approximate surface area is 101 Å². The predicted octanol–water partition coefficient (Wildman–Crippen LogP) is 1.40. The molecule has 0 aliphatic rings. The highest BCUT2D eigenvalue weighted by Crippen LogP contribution is 2.23. The van der Waals surface area contributed by atoms with Crippen molar-refractivity contribution >= 4 is 18.4 Å². The van der Waals surface area contributed by atoms with Gasteiger partial charge in [-0.15, -0.1) is 12.4 Å². The van der Waals surface area contributed by atoms with Crippen LogP contribution in [0.1, 0.15) is 15.9 Å². The van der Waals surface area contributed by atoms with Crippen LogP contribution >= 0.6 is 12.4 Å². The Hall–Kier alpha value is -1.26. The van der Waals surface area contributed by atoms with Crippen molar-refractivity contribution in [3.8, 4) is 5.75 Å². The Morgan fingerprint density at radius 3 is 2.56 bits per heavy atom. The molecular weight excluding hydrogens is 230 g/mol. The molecule has 0 amide bonds. The van der Waals surface area contributed by atoms with Crippen LogP contribution in [0.15, 0.2) is 18.2 Å². The number of esters is 1. The summed E-state index contributed by atoms with van der Waals surface area (Å²) >= 11 is 0. The van der Waals surface area contributed by atoms with E-state index >= 15 is 0 Å². The van der Waals surface area contributed by atoms with E-state index in [1.807, 2.05) is 0 Å². The van der Waals surface area contributed by atoms with Gasteiger partial charge in [-0.1, -0.05) is 6.07 Å². The molecule has 2 N–H and O–H groups in total. The van der Waals surface area contributed by atoms with Crippen LogP contribution in [-0.4, -0.2) is 26.7 Å². The van der Waals surface area contributed by atoms with E-state index in [9.17, 15) is 4.79 Å². The molecule has 16 heavy (non-hydrogen) atoms. The number of carbonyl (C=O) groups excluding carboxylic acids is 1. The van der Waals surface area contributed by atoms with Crippen molar-refractivity contribution in [3.63, 3.8) is 0 Å². The molecule has 0 spiro atoms. The van der Waals surface area contributed by atoms with E-state index in [0.29, 0.717) is 24.3 Å². The normalized spacial score (nSPS) is 9.19. The third-order valence-corrected chi connectivity index (χ3v) is 2.15. The van der Waals surface area contributed by atoms with E-state index in [1.165, 1.54) is 7.11 Å². The highest BCUT2D eigenvalue weighted by molar-refractivity contribution is 5.91. The Morgan fingerprint density at radius 2 is 2.06 bits per heavy atom. The van der Waals surface area contributed by atoms with E-state index in [-0.39, 0.29) is 18.4 Å². The summed E-state index contributed by atoms with van der Waals surface area (Å²) in [5.41, 5.74) is 6.80. The van der Waals surface area contributed by atoms with Gasteiger partial charge in [0.05, 0.1) is 19.8 Å². The molecule has 0 atom stereocenters. The lowest BCUT2D eigenvalue weighted by Gasteiger charge is -2.11. The lowest BCUT2D eigenvalue weighted by Crippen LogP contribution is -2.11. The summed E-state index contributed by atoms with van der Waals surface area (Å²) in [4.78, 5) is 11.5. The fraction of sp³-hybridized carbons (Fsp3) is 0.364. The first-order valence-corrected chi connectivity index (χ1v) is 4.68. The van der Waals surface area contributed by atoms with Gasteiger partial charge in [-0.3, -0.25) is 0 Å². The molecule has 0 aliphatic heterocycles. The van der Waals surface area contributed by atoms with Crippen LogP contribution in [0.2, 0.25) is 0 Å². The molecule has 1 aromatic rings. The standard InChI is InChI=1S/C11H15NO3.ClH/c1-14-10-5-3-4-9(11(13)15-2)8(10)6-7-12;/h3-5H,6-7,12H2,1-2H3;1H. The lowest BCUT2D eigenvalue weighted by molar-refractivity contribution is 0.0599. The van der Waals surface area contributed by atoms with E-state index in [4.69, 9.17) is 10.5 Å². The maximum atomic E-state index is 11.5. The molecule has 90 valence electrons. The zero-order valence-electron chi connectivity index (χ0n) is 9.36. The minimum Gasteiger partial charge on any atom is -0.496 e. The Balaban J connectivity index is 0.00000225. The van der Waals surface area contributed by atoms with Crippen molar-refractivity contribution in [2.24, 2.45) is 5.73 Å². The Morgan fingerprint density at radius 1 is 1.38 bits per heavy atom. The van der Waals surface area contributed by atoms with Gasteiger partial charge in [-0.25, -0.2) is 4.79 Å². The van der Waals surface area contributed by atoms with Crippen LogP contribution in [0.5, 0.6) is 5.75 Å². The van der Waals surface area contributed by atoms with Gasteiger partial charge in [0, 0.05) is 5.56 Å². The highest BCUT2D eigenvalue weighted by Gasteiger charge is 2.14. The maximum absolute atomic E-state index is 11.5. The summed E-state index contributed by atoms with van der Waals surface area (Å²) in [5, 5.41) is 0. The van der Waals surface area contributed by atoms with E-state index in [1.54, 1.807) is 25.3 Å². The Bertz CT molecular complexity index is 355. The number of nitrogens with two attached hydrogens (primary N) is 1. The molecular formula is C11H16ClNO3. The maximum Gasteiger partial charge on any atom is 0.338 e. The molecule has 0 fully saturated rings. The molecule has 0 aliphatic carbocycles. The molecule has 0 bridgehead atoms. The first kappa shape index (κ1) is 14.7. The van der Waals surface area contributed by atoms with Crippen LogP contribution in [0, 0.1) is 0 Å². The number of ether oxygens (including phenoxy) is 2. The minimum absolute atomic E-state index is 0. The highest BCUT2D eigenvalue weighted by atomic mass is 35.5. The number of rotatable bonds is 4. The molecule has 0 saturated heterocycles. The van der Waals surface area contributed by atoms with Gasteiger partial charge >= 0.3 is 5.97 Å². The van der Waals surface area contributed by atoms with Crippen LogP contribution in [-0.2, 0) is 11.2 Å². The van der Waals surface area contributed by atoms with Crippen molar-refractivity contribution < 1.29 is 14.3 Å². The SMILES string of the molecule is COC(=O)c1cccc(OC)c1CCN.Cl. The molecule has 0 radical (unpaired) electrons. The monoisotopic (exact) mass is 245 g/mol. The fourth-order valence-corrected chi connectivity index (χ4v) is 1.46. The summed E-state index contributed by atoms with van der Waals surface area (Å²) in [6, 6.07) is 5.27. The van der Waals surface area contributed by atoms with Crippen molar-refractivity contribution in [3.05, 3.63) is 29.3 Å². The molecule has 0 aromatic heterocycles. The molecule has 5 heteroatoms. The molecule has 0 heterocycles. The van der Waals surface area contributed by atoms with E-state index in [0.717, 1.165) is 5.56 Å². The average molecular weight is 246 g/mol. The summed E-state index contributed by atoms with van der Waals surface area (Å²) in [6.45, 7) is 0.463. The second-order valence-corrected chi connectivity index (χ2v) is 3.02. The largest absolute Gasteiger partial charge is 0.496 e. The minimum atomic E-state index is -0.364. The fourth-order valence-electron chi connectivity index (χ4n) is 1.46. The van der Waals surface area contributed by atoms with Crippen molar-refractivity contribution in [2.45, 2.75) is 6.42 Å². The average Bonchev–Trinajstić information content (AvgIpc) is 2.28. The van der Waals surface area contributed by atoms with Crippen LogP contribution < -0.4 is 10.5 Å². The van der Waals surface area contributed by atoms with Crippen molar-refractivity contribution in [2.75, 3.05) is 20.8 Å². The van der Waals surface area contributed by atoms with Gasteiger partial charge in [-0.05, 0) is 25.1 Å². The van der Waals surface area contributed by atoms with Gasteiger partial charge in [-0.2, -0.15) is 0 Å². The molecule has 1 aromatic carbocycles. The molecule has 0 saturated carbocycles. The first-order valence-electron chi connectivity index (χ1n) is 4.68. The van der Waals surface area contributed by atoms with Crippen molar-refractivity contribution in [1.82, 2.24) is 0 Å². The summed E-state index contributed by atoms with van der Waals surface area (Å²) in [7, 11) is 2.92. The van der Waals surface area contributed by atoms with Crippen molar-refractivity contribution in [1.29, 1.82) is 0 Å². The smallest absolute Gasteiger partial charge is 0.338 e. The van der Waals surface area contributed by atoms with Crippen LogP contribution in [0.4, 0.5) is 0 Å². The second-order valence-electron chi connectivity index (χ2n) is 3.02. The van der Waals surface area contributed by atoms with Crippen LogP contribution in [0.3, 0.4) is 0 Å². The van der Waals surface area contributed by atoms with Gasteiger partial charge in [0.15, 0.2) is 0 Å². The topological polar surface area (TPSA) is 61.5 Å². The number of halogens is 1. The zero-order valence-corrected chi connectivity index (χ0v) is 10.2. The summed E-state index contributed by atoms with van der Waals surface area (Å²) in [5.74, 6) is 0.306. The van der Waals surface area contributed by atoms with E-state index in [2.05, 4.69) is 4.74 Å².